The van der Waals surface area contributed by atoms with Crippen LogP contribution in [0.5, 0.6) is 0 Å². The Morgan fingerprint density at radius 3 is 2.80 bits per heavy atom. The topological polar surface area (TPSA) is 26.7 Å². The predicted molar refractivity (Wildman–Crippen MR) is 84.0 cm³/mol. The van der Waals surface area contributed by atoms with Crippen molar-refractivity contribution in [3.05, 3.63) is 34.9 Å². The Morgan fingerprint density at radius 1 is 1.40 bits per heavy atom. The molecule has 3 heteroatoms. The third-order valence-corrected chi connectivity index (χ3v) is 4.47. The summed E-state index contributed by atoms with van der Waals surface area (Å²) in [7, 11) is 4.32. The summed E-state index contributed by atoms with van der Waals surface area (Å²) < 4.78 is 0. The van der Waals surface area contributed by atoms with Crippen LogP contribution < -0.4 is 0 Å². The highest BCUT2D eigenvalue weighted by Crippen LogP contribution is 2.22. The SMILES string of the molecule is Cc1ccc(C(O)CN(C)C2CCCN(C)C2)c(C)c1. The van der Waals surface area contributed by atoms with Gasteiger partial charge in [-0.3, -0.25) is 4.90 Å². The fourth-order valence-corrected chi connectivity index (χ4v) is 3.22. The molecule has 1 N–H and O–H groups in total. The van der Waals surface area contributed by atoms with Crippen molar-refractivity contribution in [2.75, 3.05) is 33.7 Å². The van der Waals surface area contributed by atoms with Crippen molar-refractivity contribution in [1.29, 1.82) is 0 Å². The Balaban J connectivity index is 1.97. The van der Waals surface area contributed by atoms with Crippen molar-refractivity contribution in [3.63, 3.8) is 0 Å². The normalized spacial score (nSPS) is 22.2. The maximum Gasteiger partial charge on any atom is 0.0919 e. The monoisotopic (exact) mass is 276 g/mol. The van der Waals surface area contributed by atoms with Crippen LogP contribution in [0.1, 0.15) is 35.6 Å². The predicted octanol–water partition coefficient (Wildman–Crippen LogP) is 2.36. The molecule has 1 aliphatic rings. The molecule has 0 aliphatic carbocycles. The van der Waals surface area contributed by atoms with E-state index in [1.165, 1.54) is 30.5 Å². The highest BCUT2D eigenvalue weighted by atomic mass is 16.3. The summed E-state index contributed by atoms with van der Waals surface area (Å²) in [4.78, 5) is 4.70. The zero-order valence-corrected chi connectivity index (χ0v) is 13.3. The summed E-state index contributed by atoms with van der Waals surface area (Å²) in [5.41, 5.74) is 3.50. The smallest absolute Gasteiger partial charge is 0.0919 e. The molecular weight excluding hydrogens is 248 g/mol. The number of hydrogen-bond donors (Lipinski definition) is 1. The van der Waals surface area contributed by atoms with E-state index >= 15 is 0 Å². The third kappa shape index (κ3) is 3.81. The van der Waals surface area contributed by atoms with Gasteiger partial charge in [0.25, 0.3) is 0 Å². The Morgan fingerprint density at radius 2 is 2.15 bits per heavy atom. The first kappa shape index (κ1) is 15.5. The lowest BCUT2D eigenvalue weighted by atomic mass is 9.99. The third-order valence-electron chi connectivity index (χ3n) is 4.47. The Labute approximate surface area is 123 Å². The second kappa shape index (κ2) is 6.70. The molecule has 1 fully saturated rings. The van der Waals surface area contributed by atoms with Crippen molar-refractivity contribution in [3.8, 4) is 0 Å². The second-order valence-corrected chi connectivity index (χ2v) is 6.37. The number of piperidine rings is 1. The van der Waals surface area contributed by atoms with E-state index in [4.69, 9.17) is 0 Å². The molecule has 0 radical (unpaired) electrons. The van der Waals surface area contributed by atoms with Gasteiger partial charge in [0.2, 0.25) is 0 Å². The molecule has 2 rings (SSSR count). The van der Waals surface area contributed by atoms with E-state index < -0.39 is 6.10 Å². The minimum absolute atomic E-state index is 0.396. The standard InChI is InChI=1S/C17H28N2O/c1-13-7-8-16(14(2)10-13)17(20)12-19(4)15-6-5-9-18(3)11-15/h7-8,10,15,17,20H,5-6,9,11-12H2,1-4H3. The summed E-state index contributed by atoms with van der Waals surface area (Å²) in [5.74, 6) is 0. The number of likely N-dealkylation sites (tertiary alicyclic amines) is 1. The Kier molecular flexibility index (Phi) is 5.19. The van der Waals surface area contributed by atoms with Crippen LogP contribution in [-0.2, 0) is 0 Å². The van der Waals surface area contributed by atoms with E-state index in [1.807, 2.05) is 0 Å². The summed E-state index contributed by atoms with van der Waals surface area (Å²) in [6.07, 6.45) is 2.10. The molecule has 1 saturated heterocycles. The first-order valence-electron chi connectivity index (χ1n) is 7.61. The van der Waals surface area contributed by atoms with Crippen LogP contribution in [-0.4, -0.2) is 54.7 Å². The summed E-state index contributed by atoms with van der Waals surface area (Å²) >= 11 is 0. The summed E-state index contributed by atoms with van der Waals surface area (Å²) in [5, 5.41) is 10.5. The minimum Gasteiger partial charge on any atom is -0.387 e. The molecule has 20 heavy (non-hydrogen) atoms. The minimum atomic E-state index is -0.396. The molecule has 1 heterocycles. The van der Waals surface area contributed by atoms with Crippen LogP contribution in [0.15, 0.2) is 18.2 Å². The van der Waals surface area contributed by atoms with E-state index in [9.17, 15) is 5.11 Å². The van der Waals surface area contributed by atoms with Crippen LogP contribution in [0.2, 0.25) is 0 Å². The molecule has 2 atom stereocenters. The summed E-state index contributed by atoms with van der Waals surface area (Å²) in [6, 6.07) is 6.86. The van der Waals surface area contributed by atoms with Gasteiger partial charge < -0.3 is 10.0 Å². The molecule has 112 valence electrons. The average molecular weight is 276 g/mol. The van der Waals surface area contributed by atoms with Gasteiger partial charge in [-0.2, -0.15) is 0 Å². The van der Waals surface area contributed by atoms with Gasteiger partial charge in [0.05, 0.1) is 6.10 Å². The van der Waals surface area contributed by atoms with Gasteiger partial charge in [0, 0.05) is 19.1 Å². The molecule has 2 unspecified atom stereocenters. The maximum absolute atomic E-state index is 10.5. The largest absolute Gasteiger partial charge is 0.387 e. The number of likely N-dealkylation sites (N-methyl/N-ethyl adjacent to an activating group) is 2. The van der Waals surface area contributed by atoms with Crippen LogP contribution in [0.3, 0.4) is 0 Å². The number of benzene rings is 1. The van der Waals surface area contributed by atoms with Crippen LogP contribution in [0.25, 0.3) is 0 Å². The molecule has 0 aromatic heterocycles. The van der Waals surface area contributed by atoms with Gasteiger partial charge in [-0.15, -0.1) is 0 Å². The van der Waals surface area contributed by atoms with Crippen molar-refractivity contribution in [1.82, 2.24) is 9.80 Å². The van der Waals surface area contributed by atoms with Crippen molar-refractivity contribution in [2.45, 2.75) is 38.8 Å². The molecule has 1 aromatic rings. The number of hydrogen-bond acceptors (Lipinski definition) is 3. The van der Waals surface area contributed by atoms with Crippen LogP contribution in [0, 0.1) is 13.8 Å². The number of nitrogens with zero attached hydrogens (tertiary/aromatic N) is 2. The van der Waals surface area contributed by atoms with E-state index in [1.54, 1.807) is 0 Å². The van der Waals surface area contributed by atoms with Gasteiger partial charge in [-0.1, -0.05) is 23.8 Å². The quantitative estimate of drug-likeness (QED) is 0.914. The van der Waals surface area contributed by atoms with Crippen molar-refractivity contribution >= 4 is 0 Å². The maximum atomic E-state index is 10.5. The van der Waals surface area contributed by atoms with E-state index in [0.29, 0.717) is 12.6 Å². The van der Waals surface area contributed by atoms with E-state index in [-0.39, 0.29) is 0 Å². The molecule has 1 aromatic carbocycles. The zero-order valence-electron chi connectivity index (χ0n) is 13.3. The average Bonchev–Trinajstić information content (AvgIpc) is 2.38. The number of aryl methyl sites for hydroxylation is 2. The van der Waals surface area contributed by atoms with Crippen molar-refractivity contribution < 1.29 is 5.11 Å². The van der Waals surface area contributed by atoms with Gasteiger partial charge in [0.1, 0.15) is 0 Å². The molecule has 0 bridgehead atoms. The first-order chi connectivity index (χ1) is 9.47. The first-order valence-corrected chi connectivity index (χ1v) is 7.61. The molecule has 3 nitrogen and oxygen atoms in total. The molecular formula is C17H28N2O. The van der Waals surface area contributed by atoms with Crippen LogP contribution >= 0.6 is 0 Å². The number of aliphatic hydroxyl groups is 1. The van der Waals surface area contributed by atoms with Gasteiger partial charge in [-0.05, 0) is 58.5 Å². The summed E-state index contributed by atoms with van der Waals surface area (Å²) in [6.45, 7) is 7.19. The second-order valence-electron chi connectivity index (χ2n) is 6.37. The Hall–Kier alpha value is -0.900. The molecule has 0 amide bonds. The zero-order chi connectivity index (χ0) is 14.7. The lowest BCUT2D eigenvalue weighted by Gasteiger charge is -2.36. The lowest BCUT2D eigenvalue weighted by molar-refractivity contribution is 0.0739. The Bertz CT molecular complexity index is 447. The molecule has 0 saturated carbocycles. The highest BCUT2D eigenvalue weighted by Gasteiger charge is 2.23. The van der Waals surface area contributed by atoms with Gasteiger partial charge >= 0.3 is 0 Å². The molecule has 0 spiro atoms. The van der Waals surface area contributed by atoms with E-state index in [0.717, 1.165) is 12.1 Å². The van der Waals surface area contributed by atoms with E-state index in [2.05, 4.69) is 55.9 Å². The van der Waals surface area contributed by atoms with Gasteiger partial charge in [0.15, 0.2) is 0 Å². The fourth-order valence-electron chi connectivity index (χ4n) is 3.22. The lowest BCUT2D eigenvalue weighted by Crippen LogP contribution is -2.46. The molecule has 1 aliphatic heterocycles. The highest BCUT2D eigenvalue weighted by molar-refractivity contribution is 5.32. The fraction of sp³-hybridized carbons (Fsp3) is 0.647. The number of aliphatic hydroxyl groups excluding tert-OH is 1. The van der Waals surface area contributed by atoms with Crippen LogP contribution in [0.4, 0.5) is 0 Å². The number of rotatable bonds is 4. The van der Waals surface area contributed by atoms with Gasteiger partial charge in [-0.25, -0.2) is 0 Å². The van der Waals surface area contributed by atoms with Crippen molar-refractivity contribution in [2.24, 2.45) is 0 Å².